The number of methoxy groups -OCH3 is 2. The third-order valence-electron chi connectivity index (χ3n) is 5.11. The number of aromatic nitrogens is 3. The topological polar surface area (TPSA) is 87.5 Å². The highest BCUT2D eigenvalue weighted by molar-refractivity contribution is 7.99. The van der Waals surface area contributed by atoms with E-state index in [1.165, 1.54) is 11.8 Å². The van der Waals surface area contributed by atoms with Crippen LogP contribution < -0.4 is 19.5 Å². The summed E-state index contributed by atoms with van der Waals surface area (Å²) < 4.78 is 18.0. The molecule has 0 aliphatic rings. The van der Waals surface area contributed by atoms with E-state index in [4.69, 9.17) is 25.8 Å². The molecule has 1 amide bonds. The van der Waals surface area contributed by atoms with Crippen LogP contribution in [0.25, 0.3) is 17.1 Å². The number of nitrogens with one attached hydrogen (secondary N) is 1. The Morgan fingerprint density at radius 1 is 0.944 bits per heavy atom. The number of rotatable bonds is 10. The molecule has 0 saturated heterocycles. The maximum Gasteiger partial charge on any atom is 0.234 e. The molecule has 0 bridgehead atoms. The number of nitrogens with zero attached hydrogens (tertiary/aromatic N) is 3. The summed E-state index contributed by atoms with van der Waals surface area (Å²) in [6.45, 7) is 2.52. The highest BCUT2D eigenvalue weighted by Gasteiger charge is 2.18. The van der Waals surface area contributed by atoms with Gasteiger partial charge in [0.15, 0.2) is 11.0 Å². The smallest absolute Gasteiger partial charge is 0.234 e. The summed E-state index contributed by atoms with van der Waals surface area (Å²) in [4.78, 5) is 12.8. The first-order valence-electron chi connectivity index (χ1n) is 11.1. The summed E-state index contributed by atoms with van der Waals surface area (Å²) in [5.41, 5.74) is 2.26. The van der Waals surface area contributed by atoms with Crippen LogP contribution in [0.5, 0.6) is 17.2 Å². The van der Waals surface area contributed by atoms with Crippen LogP contribution in [0.1, 0.15) is 6.92 Å². The minimum atomic E-state index is -0.204. The molecule has 0 atom stereocenters. The molecule has 8 nitrogen and oxygen atoms in total. The number of carbonyl (C=O) groups excluding carboxylic acids is 1. The molecule has 0 radical (unpaired) electrons. The predicted octanol–water partition coefficient (Wildman–Crippen LogP) is 5.73. The molecular weight excluding hydrogens is 500 g/mol. The number of anilines is 1. The lowest BCUT2D eigenvalue weighted by Gasteiger charge is -2.12. The van der Waals surface area contributed by atoms with Crippen molar-refractivity contribution in [3.63, 3.8) is 0 Å². The van der Waals surface area contributed by atoms with Crippen LogP contribution in [0, 0.1) is 0 Å². The second-order valence-corrected chi connectivity index (χ2v) is 8.89. The number of ether oxygens (including phenoxy) is 3. The zero-order chi connectivity index (χ0) is 25.5. The van der Waals surface area contributed by atoms with Crippen LogP contribution in [0.3, 0.4) is 0 Å². The number of hydrogen-bond donors (Lipinski definition) is 1. The minimum absolute atomic E-state index is 0.120. The van der Waals surface area contributed by atoms with E-state index in [0.717, 1.165) is 17.0 Å². The lowest BCUT2D eigenvalue weighted by molar-refractivity contribution is -0.113. The van der Waals surface area contributed by atoms with Gasteiger partial charge in [0.05, 0.1) is 26.6 Å². The summed E-state index contributed by atoms with van der Waals surface area (Å²) in [6.07, 6.45) is 0. The normalized spacial score (nSPS) is 10.7. The van der Waals surface area contributed by atoms with Gasteiger partial charge in [-0.1, -0.05) is 23.4 Å². The lowest BCUT2D eigenvalue weighted by atomic mass is 10.2. The Labute approximate surface area is 218 Å². The molecule has 0 fully saturated rings. The van der Waals surface area contributed by atoms with Crippen LogP contribution in [-0.2, 0) is 4.79 Å². The summed E-state index contributed by atoms with van der Waals surface area (Å²) in [5, 5.41) is 12.9. The fraction of sp³-hybridized carbons (Fsp3) is 0.192. The number of halogens is 1. The third-order valence-corrected chi connectivity index (χ3v) is 6.29. The van der Waals surface area contributed by atoms with E-state index >= 15 is 0 Å². The molecule has 4 aromatic rings. The second-order valence-electron chi connectivity index (χ2n) is 7.51. The van der Waals surface area contributed by atoms with Crippen molar-refractivity contribution in [2.45, 2.75) is 12.1 Å². The van der Waals surface area contributed by atoms with Crippen molar-refractivity contribution < 1.29 is 19.0 Å². The van der Waals surface area contributed by atoms with Crippen molar-refractivity contribution >= 4 is 35.0 Å². The SMILES string of the molecule is CCOc1ccc(-n2c(SCC(=O)Nc3cc(OC)cc(OC)c3)nnc2-c2ccc(Cl)cc2)cc1. The number of benzene rings is 3. The second kappa shape index (κ2) is 11.8. The Morgan fingerprint density at radius 3 is 2.22 bits per heavy atom. The van der Waals surface area contributed by atoms with Crippen LogP contribution in [0.4, 0.5) is 5.69 Å². The van der Waals surface area contributed by atoms with E-state index in [-0.39, 0.29) is 11.7 Å². The van der Waals surface area contributed by atoms with Gasteiger partial charge >= 0.3 is 0 Å². The molecular formula is C26H25ClN4O4S. The van der Waals surface area contributed by atoms with Crippen LogP contribution in [-0.4, -0.2) is 47.3 Å². The van der Waals surface area contributed by atoms with Crippen LogP contribution in [0.2, 0.25) is 5.02 Å². The van der Waals surface area contributed by atoms with Crippen molar-refractivity contribution in [2.24, 2.45) is 0 Å². The summed E-state index contributed by atoms with van der Waals surface area (Å²) >= 11 is 7.36. The monoisotopic (exact) mass is 524 g/mol. The van der Waals surface area contributed by atoms with Gasteiger partial charge in [0.2, 0.25) is 5.91 Å². The predicted molar refractivity (Wildman–Crippen MR) is 142 cm³/mol. The highest BCUT2D eigenvalue weighted by atomic mass is 35.5. The van der Waals surface area contributed by atoms with Crippen LogP contribution in [0.15, 0.2) is 71.9 Å². The summed E-state index contributed by atoms with van der Waals surface area (Å²) in [6, 6.07) is 20.2. The zero-order valence-corrected chi connectivity index (χ0v) is 21.6. The largest absolute Gasteiger partial charge is 0.497 e. The summed E-state index contributed by atoms with van der Waals surface area (Å²) in [5.74, 6) is 2.49. The van der Waals surface area contributed by atoms with E-state index in [0.29, 0.717) is 39.8 Å². The Bertz CT molecular complexity index is 1300. The zero-order valence-electron chi connectivity index (χ0n) is 20.0. The molecule has 0 aliphatic heterocycles. The van der Waals surface area contributed by atoms with E-state index in [1.807, 2.05) is 47.9 Å². The van der Waals surface area contributed by atoms with Crippen molar-refractivity contribution in [3.05, 3.63) is 71.8 Å². The molecule has 0 unspecified atom stereocenters. The van der Waals surface area contributed by atoms with Crippen molar-refractivity contribution in [2.75, 3.05) is 31.9 Å². The van der Waals surface area contributed by atoms with Gasteiger partial charge in [-0.05, 0) is 55.5 Å². The van der Waals surface area contributed by atoms with Crippen molar-refractivity contribution in [3.8, 4) is 34.3 Å². The Balaban J connectivity index is 1.58. The molecule has 3 aromatic carbocycles. The van der Waals surface area contributed by atoms with Crippen LogP contribution >= 0.6 is 23.4 Å². The molecule has 186 valence electrons. The number of amides is 1. The molecule has 4 rings (SSSR count). The molecule has 1 heterocycles. The average Bonchev–Trinajstić information content (AvgIpc) is 3.32. The molecule has 36 heavy (non-hydrogen) atoms. The Morgan fingerprint density at radius 2 is 1.61 bits per heavy atom. The number of thioether (sulfide) groups is 1. The fourth-order valence-electron chi connectivity index (χ4n) is 3.45. The molecule has 10 heteroatoms. The highest BCUT2D eigenvalue weighted by Crippen LogP contribution is 2.30. The first kappa shape index (κ1) is 25.4. The minimum Gasteiger partial charge on any atom is -0.497 e. The molecule has 1 aromatic heterocycles. The average molecular weight is 525 g/mol. The third kappa shape index (κ3) is 6.10. The number of carbonyl (C=O) groups is 1. The van der Waals surface area contributed by atoms with Gasteiger partial charge in [-0.15, -0.1) is 10.2 Å². The van der Waals surface area contributed by atoms with Gasteiger partial charge in [-0.2, -0.15) is 0 Å². The van der Waals surface area contributed by atoms with Gasteiger partial charge in [0.1, 0.15) is 17.2 Å². The summed E-state index contributed by atoms with van der Waals surface area (Å²) in [7, 11) is 3.12. The van der Waals surface area contributed by atoms with Crippen molar-refractivity contribution in [1.29, 1.82) is 0 Å². The van der Waals surface area contributed by atoms with Gasteiger partial charge in [-0.25, -0.2) is 0 Å². The first-order valence-corrected chi connectivity index (χ1v) is 12.5. The molecule has 1 N–H and O–H groups in total. The van der Waals surface area contributed by atoms with E-state index in [9.17, 15) is 4.79 Å². The Kier molecular flexibility index (Phi) is 8.35. The van der Waals surface area contributed by atoms with Crippen molar-refractivity contribution in [1.82, 2.24) is 14.8 Å². The van der Waals surface area contributed by atoms with Gasteiger partial charge in [-0.3, -0.25) is 9.36 Å². The quantitative estimate of drug-likeness (QED) is 0.265. The maximum absolute atomic E-state index is 12.8. The lowest BCUT2D eigenvalue weighted by Crippen LogP contribution is -2.14. The fourth-order valence-corrected chi connectivity index (χ4v) is 4.32. The van der Waals surface area contributed by atoms with Gasteiger partial charge in [0.25, 0.3) is 0 Å². The van der Waals surface area contributed by atoms with E-state index < -0.39 is 0 Å². The maximum atomic E-state index is 12.8. The first-order chi connectivity index (χ1) is 17.5. The molecule has 0 saturated carbocycles. The molecule has 0 spiro atoms. The van der Waals surface area contributed by atoms with E-state index in [1.54, 1.807) is 44.6 Å². The molecule has 0 aliphatic carbocycles. The number of hydrogen-bond acceptors (Lipinski definition) is 7. The van der Waals surface area contributed by atoms with E-state index in [2.05, 4.69) is 15.5 Å². The standard InChI is InChI=1S/C26H25ClN4O4S/c1-4-35-21-11-9-20(10-12-21)31-25(17-5-7-18(27)8-6-17)29-30-26(31)36-16-24(32)28-19-13-22(33-2)15-23(14-19)34-3/h5-15H,4,16H2,1-3H3,(H,28,32). The van der Waals surface area contributed by atoms with Gasteiger partial charge in [0, 0.05) is 40.2 Å². The van der Waals surface area contributed by atoms with Gasteiger partial charge < -0.3 is 19.5 Å². The Hall–Kier alpha value is -3.69.